The molecule has 1 fully saturated rings. The number of nitrogens with zero attached hydrogens (tertiary/aromatic N) is 5. The van der Waals surface area contributed by atoms with E-state index >= 15 is 0 Å². The largest absolute Gasteiger partial charge is 0.480 e. The molecule has 0 spiro atoms. The van der Waals surface area contributed by atoms with Crippen LogP contribution in [-0.2, 0) is 16.1 Å². The highest BCUT2D eigenvalue weighted by molar-refractivity contribution is 5.84. The Balaban J connectivity index is 2.03. The van der Waals surface area contributed by atoms with E-state index in [1.54, 1.807) is 0 Å². The first-order valence-corrected chi connectivity index (χ1v) is 5.12. The molecule has 1 aromatic heterocycles. The van der Waals surface area contributed by atoms with Crippen LogP contribution in [0.5, 0.6) is 0 Å². The van der Waals surface area contributed by atoms with E-state index in [1.807, 2.05) is 0 Å². The third kappa shape index (κ3) is 2.56. The van der Waals surface area contributed by atoms with Crippen molar-refractivity contribution in [3.8, 4) is 0 Å². The molecule has 2 rings (SSSR count). The molecule has 2 N–H and O–H groups in total. The number of hydrogen-bond acceptors (Lipinski definition) is 6. The lowest BCUT2D eigenvalue weighted by atomic mass is 10.2. The quantitative estimate of drug-likeness (QED) is 0.603. The Kier molecular flexibility index (Phi) is 3.28. The van der Waals surface area contributed by atoms with Crippen molar-refractivity contribution in [3.63, 3.8) is 0 Å². The highest BCUT2D eigenvalue weighted by Gasteiger charge is 2.31. The molecule has 0 saturated carbocycles. The van der Waals surface area contributed by atoms with Crippen LogP contribution in [0.25, 0.3) is 0 Å². The smallest absolute Gasteiger partial charge is 0.327 e. The molecular weight excluding hydrogens is 228 g/mol. The van der Waals surface area contributed by atoms with E-state index in [2.05, 4.69) is 20.8 Å². The van der Waals surface area contributed by atoms with E-state index in [4.69, 9.17) is 5.11 Å². The van der Waals surface area contributed by atoms with Gasteiger partial charge in [-0.1, -0.05) is 0 Å². The topological polar surface area (TPSA) is 113 Å². The van der Waals surface area contributed by atoms with Crippen LogP contribution in [0.1, 0.15) is 0 Å². The van der Waals surface area contributed by atoms with E-state index < -0.39 is 12.0 Å². The van der Waals surface area contributed by atoms with E-state index in [1.165, 1.54) is 15.9 Å². The molecule has 1 aliphatic heterocycles. The van der Waals surface area contributed by atoms with Gasteiger partial charge in [-0.3, -0.25) is 4.79 Å². The summed E-state index contributed by atoms with van der Waals surface area (Å²) in [6.45, 7) is 1.18. The summed E-state index contributed by atoms with van der Waals surface area (Å²) in [5.41, 5.74) is 0. The lowest BCUT2D eigenvalue weighted by molar-refractivity contribution is -0.151. The molecule has 1 amide bonds. The van der Waals surface area contributed by atoms with E-state index in [0.29, 0.717) is 13.1 Å². The molecule has 92 valence electrons. The lowest BCUT2D eigenvalue weighted by Gasteiger charge is -2.33. The summed E-state index contributed by atoms with van der Waals surface area (Å²) >= 11 is 0. The van der Waals surface area contributed by atoms with Crippen molar-refractivity contribution in [3.05, 3.63) is 6.33 Å². The number of carboxylic acid groups (broad SMARTS) is 1. The number of carboxylic acids is 1. The minimum absolute atomic E-state index is 0.0449. The van der Waals surface area contributed by atoms with Gasteiger partial charge in [-0.25, -0.2) is 9.48 Å². The van der Waals surface area contributed by atoms with Gasteiger partial charge in [0.25, 0.3) is 0 Å². The number of aliphatic carboxylic acids is 1. The highest BCUT2D eigenvalue weighted by Crippen LogP contribution is 2.05. The number of aromatic nitrogens is 4. The summed E-state index contributed by atoms with van der Waals surface area (Å²) < 4.78 is 1.27. The lowest BCUT2D eigenvalue weighted by Crippen LogP contribution is -2.57. The Morgan fingerprint density at radius 1 is 1.53 bits per heavy atom. The molecule has 1 unspecified atom stereocenters. The second kappa shape index (κ2) is 4.87. The summed E-state index contributed by atoms with van der Waals surface area (Å²) in [5.74, 6) is -1.31. The van der Waals surface area contributed by atoms with E-state index in [0.717, 1.165) is 0 Å². The Morgan fingerprint density at radius 3 is 3.00 bits per heavy atom. The highest BCUT2D eigenvalue weighted by atomic mass is 16.4. The average molecular weight is 240 g/mol. The standard InChI is InChI=1S/C8H12N6O3/c15-7(4-13-5-10-11-12-13)14-2-1-9-3-6(14)8(16)17/h5-6,9H,1-4H2,(H,16,17). The average Bonchev–Trinajstić information content (AvgIpc) is 2.81. The molecule has 1 atom stereocenters. The summed E-state index contributed by atoms with van der Waals surface area (Å²) in [5, 5.41) is 22.3. The van der Waals surface area contributed by atoms with Crippen LogP contribution in [-0.4, -0.2) is 67.8 Å². The zero-order valence-electron chi connectivity index (χ0n) is 8.98. The van der Waals surface area contributed by atoms with Crippen molar-refractivity contribution >= 4 is 11.9 Å². The van der Waals surface area contributed by atoms with Gasteiger partial charge in [0.15, 0.2) is 0 Å². The third-order valence-electron chi connectivity index (χ3n) is 2.54. The van der Waals surface area contributed by atoms with Gasteiger partial charge >= 0.3 is 5.97 Å². The van der Waals surface area contributed by atoms with Gasteiger partial charge in [0.1, 0.15) is 18.9 Å². The second-order valence-electron chi connectivity index (χ2n) is 3.65. The normalized spacial score (nSPS) is 20.2. The Labute approximate surface area is 96.4 Å². The van der Waals surface area contributed by atoms with Crippen LogP contribution in [0.2, 0.25) is 0 Å². The molecule has 1 aliphatic rings. The molecule has 0 aliphatic carbocycles. The van der Waals surface area contributed by atoms with Crippen LogP contribution in [0.3, 0.4) is 0 Å². The van der Waals surface area contributed by atoms with Crippen LogP contribution in [0, 0.1) is 0 Å². The maximum Gasteiger partial charge on any atom is 0.327 e. The van der Waals surface area contributed by atoms with Crippen molar-refractivity contribution in [2.45, 2.75) is 12.6 Å². The zero-order chi connectivity index (χ0) is 12.3. The Hall–Kier alpha value is -2.03. The molecule has 17 heavy (non-hydrogen) atoms. The molecular formula is C8H12N6O3. The maximum absolute atomic E-state index is 11.9. The van der Waals surface area contributed by atoms with Crippen LogP contribution < -0.4 is 5.32 Å². The van der Waals surface area contributed by atoms with Gasteiger partial charge in [-0.15, -0.1) is 5.10 Å². The van der Waals surface area contributed by atoms with E-state index in [-0.39, 0.29) is 19.0 Å². The number of nitrogens with one attached hydrogen (secondary N) is 1. The molecule has 0 aromatic carbocycles. The Bertz CT molecular complexity index is 405. The van der Waals surface area contributed by atoms with Gasteiger partial charge in [0.2, 0.25) is 5.91 Å². The minimum Gasteiger partial charge on any atom is -0.480 e. The summed E-state index contributed by atoms with van der Waals surface area (Å²) in [7, 11) is 0. The van der Waals surface area contributed by atoms with Crippen molar-refractivity contribution in [1.29, 1.82) is 0 Å². The number of piperazine rings is 1. The van der Waals surface area contributed by atoms with Crippen LogP contribution in [0.4, 0.5) is 0 Å². The summed E-state index contributed by atoms with van der Waals surface area (Å²) in [6.07, 6.45) is 1.32. The van der Waals surface area contributed by atoms with Crippen molar-refractivity contribution in [2.24, 2.45) is 0 Å². The fourth-order valence-corrected chi connectivity index (χ4v) is 1.71. The third-order valence-corrected chi connectivity index (χ3v) is 2.54. The molecule has 0 radical (unpaired) electrons. The number of tetrazole rings is 1. The van der Waals surface area contributed by atoms with Gasteiger partial charge in [-0.2, -0.15) is 0 Å². The first kappa shape index (κ1) is 11.5. The van der Waals surface area contributed by atoms with Crippen molar-refractivity contribution in [2.75, 3.05) is 19.6 Å². The van der Waals surface area contributed by atoms with Crippen molar-refractivity contribution in [1.82, 2.24) is 30.4 Å². The fraction of sp³-hybridized carbons (Fsp3) is 0.625. The first-order valence-electron chi connectivity index (χ1n) is 5.12. The Morgan fingerprint density at radius 2 is 2.35 bits per heavy atom. The summed E-state index contributed by atoms with van der Waals surface area (Å²) in [6, 6.07) is -0.826. The van der Waals surface area contributed by atoms with Crippen molar-refractivity contribution < 1.29 is 14.7 Å². The fourth-order valence-electron chi connectivity index (χ4n) is 1.71. The minimum atomic E-state index is -1.01. The molecule has 0 bridgehead atoms. The van der Waals surface area contributed by atoms with Gasteiger partial charge in [0, 0.05) is 19.6 Å². The molecule has 1 saturated heterocycles. The number of rotatable bonds is 3. The first-order chi connectivity index (χ1) is 8.18. The van der Waals surface area contributed by atoms with Crippen LogP contribution in [0.15, 0.2) is 6.33 Å². The monoisotopic (exact) mass is 240 g/mol. The van der Waals surface area contributed by atoms with E-state index in [9.17, 15) is 9.59 Å². The number of hydrogen-bond donors (Lipinski definition) is 2. The number of amides is 1. The van der Waals surface area contributed by atoms with Crippen LogP contribution >= 0.6 is 0 Å². The summed E-state index contributed by atoms with van der Waals surface area (Å²) in [4.78, 5) is 24.2. The second-order valence-corrected chi connectivity index (χ2v) is 3.65. The number of carbonyl (C=O) groups is 2. The maximum atomic E-state index is 11.9. The van der Waals surface area contributed by atoms with Gasteiger partial charge < -0.3 is 15.3 Å². The molecule has 9 heteroatoms. The molecule has 2 heterocycles. The van der Waals surface area contributed by atoms with Gasteiger partial charge in [0.05, 0.1) is 0 Å². The number of carbonyl (C=O) groups excluding carboxylic acids is 1. The predicted octanol–water partition coefficient (Wildman–Crippen LogP) is -2.44. The predicted molar refractivity (Wildman–Crippen MR) is 53.8 cm³/mol. The molecule has 9 nitrogen and oxygen atoms in total. The van der Waals surface area contributed by atoms with Gasteiger partial charge in [-0.05, 0) is 10.4 Å². The zero-order valence-corrected chi connectivity index (χ0v) is 8.98. The SMILES string of the molecule is O=C(O)C1CNCCN1C(=O)Cn1cnnn1. The molecule has 1 aromatic rings.